The molecule has 126 valence electrons. The molecule has 0 radical (unpaired) electrons. The first-order valence-corrected chi connectivity index (χ1v) is 8.86. The minimum absolute atomic E-state index is 0.116. The molecule has 0 atom stereocenters. The molecule has 7 nitrogen and oxygen atoms in total. The largest absolute Gasteiger partial charge is 0.507 e. The van der Waals surface area contributed by atoms with Crippen LogP contribution in [0.3, 0.4) is 0 Å². The molecular formula is C16H15NO6S. The summed E-state index contributed by atoms with van der Waals surface area (Å²) in [4.78, 5) is 23.1. The van der Waals surface area contributed by atoms with Crippen molar-refractivity contribution in [1.29, 1.82) is 0 Å². The number of benzene rings is 2. The molecule has 8 heteroatoms. The van der Waals surface area contributed by atoms with E-state index < -0.39 is 27.5 Å². The van der Waals surface area contributed by atoms with Gasteiger partial charge in [0.15, 0.2) is 9.84 Å². The average molecular weight is 349 g/mol. The van der Waals surface area contributed by atoms with Gasteiger partial charge in [0, 0.05) is 17.5 Å². The second-order valence-corrected chi connectivity index (χ2v) is 7.40. The van der Waals surface area contributed by atoms with Crippen LogP contribution in [0.15, 0.2) is 42.5 Å². The summed E-state index contributed by atoms with van der Waals surface area (Å²) in [6, 6.07) is 9.73. The number of sulfone groups is 1. The fraction of sp³-hybridized carbons (Fsp3) is 0.125. The first-order valence-electron chi connectivity index (χ1n) is 6.80. The Morgan fingerprint density at radius 3 is 2.25 bits per heavy atom. The van der Waals surface area contributed by atoms with Gasteiger partial charge < -0.3 is 15.5 Å². The average Bonchev–Trinajstić information content (AvgIpc) is 2.48. The van der Waals surface area contributed by atoms with E-state index in [2.05, 4.69) is 5.32 Å². The van der Waals surface area contributed by atoms with E-state index in [0.717, 1.165) is 12.3 Å². The zero-order valence-electron chi connectivity index (χ0n) is 12.7. The standard InChI is InChI=1S/C16H15NO6S/c1-24(22,23)9-10-2-4-11(5-3-10)15(19)17-12-6-7-14(18)13(8-12)16(20)21/h2-8,18H,9H2,1H3,(H,17,19)(H,20,21). The van der Waals surface area contributed by atoms with Crippen molar-refractivity contribution >= 4 is 27.4 Å². The zero-order valence-corrected chi connectivity index (χ0v) is 13.5. The Labute approximate surface area is 138 Å². The Morgan fingerprint density at radius 2 is 1.71 bits per heavy atom. The highest BCUT2D eigenvalue weighted by molar-refractivity contribution is 7.89. The van der Waals surface area contributed by atoms with Gasteiger partial charge in [0.05, 0.1) is 5.75 Å². The van der Waals surface area contributed by atoms with Gasteiger partial charge in [0.2, 0.25) is 0 Å². The van der Waals surface area contributed by atoms with Gasteiger partial charge in [-0.3, -0.25) is 4.79 Å². The lowest BCUT2D eigenvalue weighted by Gasteiger charge is -2.08. The number of nitrogens with one attached hydrogen (secondary N) is 1. The lowest BCUT2D eigenvalue weighted by Crippen LogP contribution is -2.12. The van der Waals surface area contributed by atoms with Crippen LogP contribution in [0.25, 0.3) is 0 Å². The molecule has 0 spiro atoms. The summed E-state index contributed by atoms with van der Waals surface area (Å²) in [5.74, 6) is -2.31. The number of amides is 1. The second kappa shape index (κ2) is 6.71. The van der Waals surface area contributed by atoms with E-state index >= 15 is 0 Å². The van der Waals surface area contributed by atoms with Gasteiger partial charge in [0.25, 0.3) is 5.91 Å². The van der Waals surface area contributed by atoms with E-state index in [4.69, 9.17) is 5.11 Å². The van der Waals surface area contributed by atoms with Crippen molar-refractivity contribution in [2.45, 2.75) is 5.75 Å². The number of carbonyl (C=O) groups excluding carboxylic acids is 1. The van der Waals surface area contributed by atoms with E-state index in [1.165, 1.54) is 36.4 Å². The van der Waals surface area contributed by atoms with Crippen LogP contribution in [0.2, 0.25) is 0 Å². The highest BCUT2D eigenvalue weighted by Gasteiger charge is 2.13. The van der Waals surface area contributed by atoms with Crippen molar-refractivity contribution < 1.29 is 28.2 Å². The summed E-state index contributed by atoms with van der Waals surface area (Å²) < 4.78 is 22.5. The molecule has 2 aromatic rings. The molecule has 1 amide bonds. The van der Waals surface area contributed by atoms with Crippen LogP contribution in [0, 0.1) is 0 Å². The molecule has 0 unspecified atom stereocenters. The van der Waals surface area contributed by atoms with Crippen LogP contribution in [0.5, 0.6) is 5.75 Å². The second-order valence-electron chi connectivity index (χ2n) is 5.26. The van der Waals surface area contributed by atoms with Crippen molar-refractivity contribution in [2.75, 3.05) is 11.6 Å². The van der Waals surface area contributed by atoms with Crippen molar-refractivity contribution in [3.05, 3.63) is 59.2 Å². The molecule has 0 saturated carbocycles. The smallest absolute Gasteiger partial charge is 0.339 e. The molecule has 0 fully saturated rings. The van der Waals surface area contributed by atoms with Crippen LogP contribution >= 0.6 is 0 Å². The van der Waals surface area contributed by atoms with E-state index in [0.29, 0.717) is 5.56 Å². The van der Waals surface area contributed by atoms with Gasteiger partial charge >= 0.3 is 5.97 Å². The molecule has 0 aromatic heterocycles. The Morgan fingerprint density at radius 1 is 1.08 bits per heavy atom. The number of aromatic carboxylic acids is 1. The molecule has 0 aliphatic rings. The summed E-state index contributed by atoms with van der Waals surface area (Å²) in [5, 5.41) is 20.9. The molecule has 3 N–H and O–H groups in total. The Hall–Kier alpha value is -2.87. The third kappa shape index (κ3) is 4.56. The lowest BCUT2D eigenvalue weighted by molar-refractivity contribution is 0.0693. The van der Waals surface area contributed by atoms with Crippen molar-refractivity contribution in [2.24, 2.45) is 0 Å². The third-order valence-electron chi connectivity index (χ3n) is 3.13. The van der Waals surface area contributed by atoms with Gasteiger partial charge in [-0.25, -0.2) is 13.2 Å². The molecule has 0 aliphatic carbocycles. The number of rotatable bonds is 5. The van der Waals surface area contributed by atoms with Gasteiger partial charge in [-0.15, -0.1) is 0 Å². The maximum Gasteiger partial charge on any atom is 0.339 e. The van der Waals surface area contributed by atoms with Crippen molar-refractivity contribution in [3.8, 4) is 5.75 Å². The fourth-order valence-corrected chi connectivity index (χ4v) is 2.84. The van der Waals surface area contributed by atoms with Crippen LogP contribution in [-0.2, 0) is 15.6 Å². The first kappa shape index (κ1) is 17.5. The normalized spacial score (nSPS) is 11.0. The summed E-state index contributed by atoms with van der Waals surface area (Å²) in [7, 11) is -3.16. The Bertz CT molecular complexity index is 887. The minimum atomic E-state index is -3.16. The maximum atomic E-state index is 12.1. The summed E-state index contributed by atoms with van der Waals surface area (Å²) in [6.45, 7) is 0. The summed E-state index contributed by atoms with van der Waals surface area (Å²) >= 11 is 0. The topological polar surface area (TPSA) is 121 Å². The number of carboxylic acid groups (broad SMARTS) is 1. The number of hydrogen-bond acceptors (Lipinski definition) is 5. The number of carbonyl (C=O) groups is 2. The highest BCUT2D eigenvalue weighted by atomic mass is 32.2. The molecule has 24 heavy (non-hydrogen) atoms. The van der Waals surface area contributed by atoms with Crippen LogP contribution in [0.4, 0.5) is 5.69 Å². The molecular weight excluding hydrogens is 334 g/mol. The van der Waals surface area contributed by atoms with Gasteiger partial charge in [0.1, 0.15) is 11.3 Å². The Balaban J connectivity index is 2.15. The highest BCUT2D eigenvalue weighted by Crippen LogP contribution is 2.22. The van der Waals surface area contributed by atoms with Crippen molar-refractivity contribution in [3.63, 3.8) is 0 Å². The van der Waals surface area contributed by atoms with Gasteiger partial charge in [-0.05, 0) is 35.9 Å². The van der Waals surface area contributed by atoms with Crippen LogP contribution < -0.4 is 5.32 Å². The predicted octanol–water partition coefficient (Wildman–Crippen LogP) is 1.89. The minimum Gasteiger partial charge on any atom is -0.507 e. The number of hydrogen-bond donors (Lipinski definition) is 3. The maximum absolute atomic E-state index is 12.1. The third-order valence-corrected chi connectivity index (χ3v) is 3.99. The number of phenols is 1. The molecule has 2 aromatic carbocycles. The Kier molecular flexibility index (Phi) is 4.89. The predicted molar refractivity (Wildman–Crippen MR) is 88.0 cm³/mol. The van der Waals surface area contributed by atoms with E-state index in [-0.39, 0.29) is 22.6 Å². The van der Waals surface area contributed by atoms with E-state index in [9.17, 15) is 23.1 Å². The summed E-state index contributed by atoms with van der Waals surface area (Å²) in [6.07, 6.45) is 1.12. The number of anilines is 1. The zero-order chi connectivity index (χ0) is 17.9. The number of aromatic hydroxyl groups is 1. The van der Waals surface area contributed by atoms with Gasteiger partial charge in [-0.1, -0.05) is 12.1 Å². The first-order chi connectivity index (χ1) is 11.2. The fourth-order valence-electron chi connectivity index (χ4n) is 2.04. The quantitative estimate of drug-likeness (QED) is 0.709. The SMILES string of the molecule is CS(=O)(=O)Cc1ccc(C(=O)Nc2ccc(O)c(C(=O)O)c2)cc1. The lowest BCUT2D eigenvalue weighted by atomic mass is 10.1. The van der Waals surface area contributed by atoms with E-state index in [1.54, 1.807) is 0 Å². The monoisotopic (exact) mass is 349 g/mol. The number of carboxylic acids is 1. The molecule has 0 heterocycles. The molecule has 0 saturated heterocycles. The molecule has 0 aliphatic heterocycles. The van der Waals surface area contributed by atoms with Gasteiger partial charge in [-0.2, -0.15) is 0 Å². The van der Waals surface area contributed by atoms with Crippen molar-refractivity contribution in [1.82, 2.24) is 0 Å². The van der Waals surface area contributed by atoms with Crippen LogP contribution in [0.1, 0.15) is 26.3 Å². The van der Waals surface area contributed by atoms with Crippen LogP contribution in [-0.4, -0.2) is 36.8 Å². The summed E-state index contributed by atoms with van der Waals surface area (Å²) in [5.41, 5.74) is 0.746. The molecule has 0 bridgehead atoms. The van der Waals surface area contributed by atoms with E-state index in [1.807, 2.05) is 0 Å². The molecule has 2 rings (SSSR count).